The Kier molecular flexibility index (Phi) is 4.83. The van der Waals surface area contributed by atoms with Crippen LogP contribution in [0.3, 0.4) is 0 Å². The minimum atomic E-state index is -1.96. The van der Waals surface area contributed by atoms with Crippen molar-refractivity contribution >= 4 is 40.5 Å². The standard InChI is InChI=1S/C15H12Cl3N3O3/c16-15(17,18)14-13(21(22)23)12(10-5-4-8-19-9-10)20(24-14)11-6-2-1-3-7-11/h1-9,12-14H. The highest BCUT2D eigenvalue weighted by molar-refractivity contribution is 6.68. The van der Waals surface area contributed by atoms with Crippen LogP contribution in [0.2, 0.25) is 0 Å². The molecule has 2 aromatic rings. The Labute approximate surface area is 153 Å². The molecule has 24 heavy (non-hydrogen) atoms. The van der Waals surface area contributed by atoms with Crippen LogP contribution in [-0.4, -0.2) is 25.8 Å². The number of halogens is 3. The second-order valence-corrected chi connectivity index (χ2v) is 7.61. The van der Waals surface area contributed by atoms with Crippen molar-refractivity contribution < 1.29 is 9.76 Å². The second-order valence-electron chi connectivity index (χ2n) is 5.24. The number of alkyl halides is 3. The Hall–Kier alpha value is -1.60. The van der Waals surface area contributed by atoms with Gasteiger partial charge in [-0.3, -0.25) is 19.9 Å². The Bertz CT molecular complexity index is 712. The zero-order valence-corrected chi connectivity index (χ0v) is 14.4. The summed E-state index contributed by atoms with van der Waals surface area (Å²) in [5, 5.41) is 13.1. The first-order valence-corrected chi connectivity index (χ1v) is 8.14. The predicted molar refractivity (Wildman–Crippen MR) is 91.8 cm³/mol. The number of hydroxylamine groups is 1. The lowest BCUT2D eigenvalue weighted by molar-refractivity contribution is -0.529. The summed E-state index contributed by atoms with van der Waals surface area (Å²) >= 11 is 17.8. The largest absolute Gasteiger partial charge is 0.272 e. The monoisotopic (exact) mass is 387 g/mol. The summed E-state index contributed by atoms with van der Waals surface area (Å²) in [4.78, 5) is 21.0. The van der Waals surface area contributed by atoms with Crippen LogP contribution in [0.15, 0.2) is 54.9 Å². The summed E-state index contributed by atoms with van der Waals surface area (Å²) in [6.07, 6.45) is 1.88. The lowest BCUT2D eigenvalue weighted by Crippen LogP contribution is -2.41. The molecule has 1 aliphatic rings. The summed E-state index contributed by atoms with van der Waals surface area (Å²) in [5.41, 5.74) is 1.22. The Balaban J connectivity index is 2.11. The highest BCUT2D eigenvalue weighted by Gasteiger charge is 2.59. The fraction of sp³-hybridized carbons (Fsp3) is 0.267. The van der Waals surface area contributed by atoms with Crippen LogP contribution >= 0.6 is 34.8 Å². The molecular formula is C15H12Cl3N3O3. The third kappa shape index (κ3) is 3.28. The van der Waals surface area contributed by atoms with Crippen molar-refractivity contribution in [1.29, 1.82) is 0 Å². The van der Waals surface area contributed by atoms with Crippen molar-refractivity contribution in [2.24, 2.45) is 0 Å². The molecule has 6 nitrogen and oxygen atoms in total. The van der Waals surface area contributed by atoms with Gasteiger partial charge in [-0.1, -0.05) is 59.1 Å². The number of hydrogen-bond acceptors (Lipinski definition) is 5. The summed E-state index contributed by atoms with van der Waals surface area (Å²) < 4.78 is -1.96. The normalized spacial score (nSPS) is 24.1. The molecule has 0 radical (unpaired) electrons. The first-order valence-electron chi connectivity index (χ1n) is 7.01. The molecule has 9 heteroatoms. The molecule has 0 aliphatic carbocycles. The first-order chi connectivity index (χ1) is 11.4. The van der Waals surface area contributed by atoms with Crippen molar-refractivity contribution in [1.82, 2.24) is 4.98 Å². The van der Waals surface area contributed by atoms with Crippen molar-refractivity contribution in [3.8, 4) is 0 Å². The molecule has 0 spiro atoms. The maximum Gasteiger partial charge on any atom is 0.272 e. The van der Waals surface area contributed by atoms with Gasteiger partial charge < -0.3 is 0 Å². The molecule has 3 unspecified atom stereocenters. The Morgan fingerprint density at radius 2 is 1.88 bits per heavy atom. The number of benzene rings is 1. The van der Waals surface area contributed by atoms with Crippen LogP contribution in [0.25, 0.3) is 0 Å². The third-order valence-corrected chi connectivity index (χ3v) is 4.36. The summed E-state index contributed by atoms with van der Waals surface area (Å²) in [5.74, 6) is 0. The quantitative estimate of drug-likeness (QED) is 0.452. The van der Waals surface area contributed by atoms with E-state index in [-0.39, 0.29) is 0 Å². The van der Waals surface area contributed by atoms with Gasteiger partial charge in [0.15, 0.2) is 6.04 Å². The van der Waals surface area contributed by atoms with E-state index in [9.17, 15) is 10.1 Å². The molecular weight excluding hydrogens is 377 g/mol. The van der Waals surface area contributed by atoms with E-state index in [4.69, 9.17) is 39.6 Å². The number of rotatable bonds is 3. The number of hydrogen-bond donors (Lipinski definition) is 0. The van der Waals surface area contributed by atoms with E-state index >= 15 is 0 Å². The van der Waals surface area contributed by atoms with Gasteiger partial charge in [-0.2, -0.15) is 0 Å². The minimum absolute atomic E-state index is 0.479. The fourth-order valence-corrected chi connectivity index (χ4v) is 3.22. The van der Waals surface area contributed by atoms with Gasteiger partial charge in [-0.05, 0) is 18.2 Å². The van der Waals surface area contributed by atoms with E-state index in [0.29, 0.717) is 11.3 Å². The number of anilines is 1. The molecule has 0 amide bonds. The fourth-order valence-electron chi connectivity index (χ4n) is 2.71. The zero-order chi connectivity index (χ0) is 17.3. The molecule has 0 bridgehead atoms. The number of para-hydroxylation sites is 1. The van der Waals surface area contributed by atoms with Crippen LogP contribution < -0.4 is 5.06 Å². The number of nitrogens with zero attached hydrogens (tertiary/aromatic N) is 3. The topological polar surface area (TPSA) is 68.5 Å². The average molecular weight is 389 g/mol. The highest BCUT2D eigenvalue weighted by atomic mass is 35.6. The maximum atomic E-state index is 11.7. The number of aromatic nitrogens is 1. The van der Waals surface area contributed by atoms with Crippen molar-refractivity contribution in [2.45, 2.75) is 22.0 Å². The first kappa shape index (κ1) is 17.2. The molecule has 1 aromatic carbocycles. The predicted octanol–water partition coefficient (Wildman–Crippen LogP) is 3.96. The van der Waals surface area contributed by atoms with Crippen LogP contribution in [0.5, 0.6) is 0 Å². The van der Waals surface area contributed by atoms with Gasteiger partial charge >= 0.3 is 0 Å². The molecule has 1 saturated heterocycles. The van der Waals surface area contributed by atoms with E-state index in [2.05, 4.69) is 4.98 Å². The molecule has 1 aliphatic heterocycles. The van der Waals surface area contributed by atoms with Gasteiger partial charge in [-0.15, -0.1) is 0 Å². The molecule has 1 aromatic heterocycles. The van der Waals surface area contributed by atoms with Gasteiger partial charge in [0, 0.05) is 22.9 Å². The summed E-state index contributed by atoms with van der Waals surface area (Å²) in [6, 6.07) is 10.3. The van der Waals surface area contributed by atoms with Crippen LogP contribution in [0, 0.1) is 10.1 Å². The van der Waals surface area contributed by atoms with Gasteiger partial charge in [-0.25, -0.2) is 5.06 Å². The molecule has 1 fully saturated rings. The van der Waals surface area contributed by atoms with E-state index in [0.717, 1.165) is 0 Å². The van der Waals surface area contributed by atoms with Crippen LogP contribution in [-0.2, 0) is 4.84 Å². The Morgan fingerprint density at radius 1 is 1.17 bits per heavy atom. The van der Waals surface area contributed by atoms with Gasteiger partial charge in [0.1, 0.15) is 0 Å². The Morgan fingerprint density at radius 3 is 2.42 bits per heavy atom. The average Bonchev–Trinajstić information content (AvgIpc) is 2.97. The second kappa shape index (κ2) is 6.72. The van der Waals surface area contributed by atoms with E-state index in [1.54, 1.807) is 48.8 Å². The van der Waals surface area contributed by atoms with Crippen molar-refractivity contribution in [3.63, 3.8) is 0 Å². The van der Waals surface area contributed by atoms with Crippen LogP contribution in [0.1, 0.15) is 11.6 Å². The molecule has 3 rings (SSSR count). The van der Waals surface area contributed by atoms with Gasteiger partial charge in [0.05, 0.1) is 5.69 Å². The van der Waals surface area contributed by atoms with Crippen molar-refractivity contribution in [2.75, 3.05) is 5.06 Å². The number of nitro groups is 1. The van der Waals surface area contributed by atoms with E-state index in [1.165, 1.54) is 5.06 Å². The van der Waals surface area contributed by atoms with E-state index < -0.39 is 26.9 Å². The summed E-state index contributed by atoms with van der Waals surface area (Å²) in [6.45, 7) is 0. The molecule has 3 atom stereocenters. The van der Waals surface area contributed by atoms with E-state index in [1.807, 2.05) is 6.07 Å². The van der Waals surface area contributed by atoms with Crippen molar-refractivity contribution in [3.05, 3.63) is 70.5 Å². The molecule has 2 heterocycles. The lowest BCUT2D eigenvalue weighted by atomic mass is 9.98. The minimum Gasteiger partial charge on any atom is -0.264 e. The summed E-state index contributed by atoms with van der Waals surface area (Å²) in [7, 11) is 0. The lowest BCUT2D eigenvalue weighted by Gasteiger charge is -2.24. The smallest absolute Gasteiger partial charge is 0.264 e. The molecule has 0 N–H and O–H groups in total. The third-order valence-electron chi connectivity index (χ3n) is 3.72. The molecule has 126 valence electrons. The van der Waals surface area contributed by atoms with Crippen LogP contribution in [0.4, 0.5) is 5.69 Å². The number of pyridine rings is 1. The van der Waals surface area contributed by atoms with Gasteiger partial charge in [0.2, 0.25) is 9.90 Å². The maximum absolute atomic E-state index is 11.7. The molecule has 0 saturated carbocycles. The SMILES string of the molecule is O=[N+]([O-])C1C(c2cccnc2)N(c2ccccc2)OC1C(Cl)(Cl)Cl. The zero-order valence-electron chi connectivity index (χ0n) is 12.1. The highest BCUT2D eigenvalue weighted by Crippen LogP contribution is 2.47. The van der Waals surface area contributed by atoms with Gasteiger partial charge in [0.25, 0.3) is 6.04 Å².